The number of halogens is 1. The fourth-order valence-electron chi connectivity index (χ4n) is 3.61. The Bertz CT molecular complexity index is 717. The highest BCUT2D eigenvalue weighted by molar-refractivity contribution is 6.31. The number of benzene rings is 1. The monoisotopic (exact) mass is 345 g/mol. The number of ether oxygens (including phenoxy) is 1. The quantitative estimate of drug-likeness (QED) is 0.894. The number of aromatic nitrogens is 2. The number of nitrogens with zero attached hydrogens (tertiary/aromatic N) is 2. The predicted molar refractivity (Wildman–Crippen MR) is 96.8 cm³/mol. The Hall–Kier alpha value is -1.52. The summed E-state index contributed by atoms with van der Waals surface area (Å²) in [6, 6.07) is 6.61. The highest BCUT2D eigenvalue weighted by Gasteiger charge is 2.25. The van der Waals surface area contributed by atoms with Crippen molar-refractivity contribution in [2.75, 3.05) is 13.1 Å². The van der Waals surface area contributed by atoms with Crippen molar-refractivity contribution in [3.63, 3.8) is 0 Å². The van der Waals surface area contributed by atoms with Crippen LogP contribution in [0.4, 0.5) is 0 Å². The smallest absolute Gasteiger partial charge is 0.132 e. The summed E-state index contributed by atoms with van der Waals surface area (Å²) >= 11 is 6.37. The Labute approximate surface area is 148 Å². The van der Waals surface area contributed by atoms with Gasteiger partial charge in [-0.2, -0.15) is 5.10 Å². The van der Waals surface area contributed by atoms with Crippen LogP contribution < -0.4 is 10.1 Å². The molecule has 2 heterocycles. The molecule has 4 rings (SSSR count). The van der Waals surface area contributed by atoms with Gasteiger partial charge in [0.05, 0.1) is 11.7 Å². The van der Waals surface area contributed by atoms with E-state index < -0.39 is 0 Å². The van der Waals surface area contributed by atoms with Crippen molar-refractivity contribution >= 4 is 11.6 Å². The Morgan fingerprint density at radius 2 is 2.00 bits per heavy atom. The van der Waals surface area contributed by atoms with Crippen LogP contribution in [0.25, 0.3) is 11.3 Å². The van der Waals surface area contributed by atoms with E-state index in [2.05, 4.69) is 28.1 Å². The molecule has 0 bridgehead atoms. The molecule has 24 heavy (non-hydrogen) atoms. The molecule has 2 aromatic rings. The molecule has 1 saturated heterocycles. The van der Waals surface area contributed by atoms with Crippen molar-refractivity contribution in [2.45, 2.75) is 51.2 Å². The van der Waals surface area contributed by atoms with Gasteiger partial charge in [0.15, 0.2) is 0 Å². The molecule has 0 atom stereocenters. The minimum Gasteiger partial charge on any atom is -0.489 e. The van der Waals surface area contributed by atoms with E-state index in [4.69, 9.17) is 16.3 Å². The first-order valence-corrected chi connectivity index (χ1v) is 9.31. The summed E-state index contributed by atoms with van der Waals surface area (Å²) in [5.74, 6) is 0.965. The number of hydrogen-bond donors (Lipinski definition) is 1. The van der Waals surface area contributed by atoms with Crippen molar-refractivity contribution in [1.29, 1.82) is 0 Å². The largest absolute Gasteiger partial charge is 0.489 e. The zero-order valence-corrected chi connectivity index (χ0v) is 14.9. The fourth-order valence-corrected chi connectivity index (χ4v) is 3.88. The Kier molecular flexibility index (Phi) is 4.51. The van der Waals surface area contributed by atoms with Crippen LogP contribution in [-0.4, -0.2) is 29.0 Å². The summed E-state index contributed by atoms with van der Waals surface area (Å²) in [4.78, 5) is 0. The van der Waals surface area contributed by atoms with Gasteiger partial charge in [-0.3, -0.25) is 4.68 Å². The molecule has 128 valence electrons. The summed E-state index contributed by atoms with van der Waals surface area (Å²) in [7, 11) is 0. The molecular formula is C19H24ClN3O. The first kappa shape index (κ1) is 16.0. The van der Waals surface area contributed by atoms with Gasteiger partial charge in [0, 0.05) is 16.8 Å². The van der Waals surface area contributed by atoms with Gasteiger partial charge in [-0.1, -0.05) is 11.6 Å². The van der Waals surface area contributed by atoms with Gasteiger partial charge in [-0.05, 0) is 75.9 Å². The lowest BCUT2D eigenvalue weighted by Gasteiger charge is -2.29. The van der Waals surface area contributed by atoms with Crippen LogP contribution >= 0.6 is 11.6 Å². The van der Waals surface area contributed by atoms with Gasteiger partial charge < -0.3 is 10.1 Å². The number of nitrogens with one attached hydrogen (secondary N) is 1. The molecule has 0 unspecified atom stereocenters. The number of piperidine rings is 1. The number of aryl methyl sites for hydroxylation is 1. The van der Waals surface area contributed by atoms with E-state index >= 15 is 0 Å². The Morgan fingerprint density at radius 3 is 2.71 bits per heavy atom. The highest BCUT2D eigenvalue weighted by Crippen LogP contribution is 2.40. The molecule has 1 aromatic heterocycles. The van der Waals surface area contributed by atoms with Gasteiger partial charge in [0.1, 0.15) is 11.9 Å². The van der Waals surface area contributed by atoms with E-state index in [1.807, 2.05) is 18.3 Å². The van der Waals surface area contributed by atoms with Crippen LogP contribution in [0.3, 0.4) is 0 Å². The van der Waals surface area contributed by atoms with Crippen LogP contribution in [0.5, 0.6) is 5.75 Å². The number of hydrogen-bond acceptors (Lipinski definition) is 3. The fraction of sp³-hybridized carbons (Fsp3) is 0.526. The molecule has 4 nitrogen and oxygen atoms in total. The average molecular weight is 346 g/mol. The average Bonchev–Trinajstić information content (AvgIpc) is 2.98. The van der Waals surface area contributed by atoms with E-state index in [9.17, 15) is 0 Å². The zero-order chi connectivity index (χ0) is 16.5. The second-order valence-corrected chi connectivity index (χ2v) is 7.35. The maximum absolute atomic E-state index is 6.44. The van der Waals surface area contributed by atoms with Gasteiger partial charge in [-0.15, -0.1) is 0 Å². The van der Waals surface area contributed by atoms with Crippen LogP contribution in [0.1, 0.15) is 43.7 Å². The summed E-state index contributed by atoms with van der Waals surface area (Å²) in [6.07, 6.45) is 7.95. The first-order chi connectivity index (χ1) is 11.7. The third-order valence-electron chi connectivity index (χ3n) is 5.18. The van der Waals surface area contributed by atoms with E-state index in [1.54, 1.807) is 0 Å². The molecule has 1 aromatic carbocycles. The summed E-state index contributed by atoms with van der Waals surface area (Å²) in [5, 5.41) is 8.71. The Balaban J connectivity index is 1.72. The standard InChI is InChI=1S/C19H24ClN3O/c1-13-11-14(20)12-17(19(13)24-16-5-8-21-9-6-16)18-7-10-22-23(18)15-3-2-4-15/h7,10-12,15-16,21H,2-6,8-9H2,1H3. The van der Waals surface area contributed by atoms with Crippen molar-refractivity contribution in [3.05, 3.63) is 35.0 Å². The molecule has 1 saturated carbocycles. The second kappa shape index (κ2) is 6.77. The zero-order valence-electron chi connectivity index (χ0n) is 14.1. The minimum atomic E-state index is 0.268. The molecule has 5 heteroatoms. The molecule has 2 fully saturated rings. The topological polar surface area (TPSA) is 39.1 Å². The molecule has 0 radical (unpaired) electrons. The lowest BCUT2D eigenvalue weighted by atomic mass is 9.92. The summed E-state index contributed by atoms with van der Waals surface area (Å²) in [6.45, 7) is 4.12. The molecule has 1 aliphatic carbocycles. The second-order valence-electron chi connectivity index (χ2n) is 6.91. The summed E-state index contributed by atoms with van der Waals surface area (Å²) < 4.78 is 8.60. The van der Waals surface area contributed by atoms with Crippen LogP contribution in [0.2, 0.25) is 5.02 Å². The third-order valence-corrected chi connectivity index (χ3v) is 5.40. The molecule has 0 spiro atoms. The van der Waals surface area contributed by atoms with E-state index in [-0.39, 0.29) is 6.10 Å². The van der Waals surface area contributed by atoms with Crippen molar-refractivity contribution in [1.82, 2.24) is 15.1 Å². The van der Waals surface area contributed by atoms with Gasteiger partial charge in [0.2, 0.25) is 0 Å². The van der Waals surface area contributed by atoms with Gasteiger partial charge in [0.25, 0.3) is 0 Å². The maximum Gasteiger partial charge on any atom is 0.132 e. The Morgan fingerprint density at radius 1 is 1.21 bits per heavy atom. The van der Waals surface area contributed by atoms with Crippen molar-refractivity contribution in [2.24, 2.45) is 0 Å². The van der Waals surface area contributed by atoms with E-state index in [0.29, 0.717) is 6.04 Å². The molecule has 1 N–H and O–H groups in total. The van der Waals surface area contributed by atoms with Crippen molar-refractivity contribution < 1.29 is 4.74 Å². The van der Waals surface area contributed by atoms with Crippen LogP contribution in [0.15, 0.2) is 24.4 Å². The molecule has 1 aliphatic heterocycles. The third kappa shape index (κ3) is 3.05. The van der Waals surface area contributed by atoms with Gasteiger partial charge >= 0.3 is 0 Å². The minimum absolute atomic E-state index is 0.268. The van der Waals surface area contributed by atoms with E-state index in [1.165, 1.54) is 19.3 Å². The van der Waals surface area contributed by atoms with Crippen LogP contribution in [-0.2, 0) is 0 Å². The maximum atomic E-state index is 6.44. The van der Waals surface area contributed by atoms with Gasteiger partial charge in [-0.25, -0.2) is 0 Å². The number of rotatable bonds is 4. The van der Waals surface area contributed by atoms with Crippen molar-refractivity contribution in [3.8, 4) is 17.0 Å². The highest BCUT2D eigenvalue weighted by atomic mass is 35.5. The van der Waals surface area contributed by atoms with Crippen LogP contribution in [0, 0.1) is 6.92 Å². The summed E-state index contributed by atoms with van der Waals surface area (Å²) in [5.41, 5.74) is 3.29. The lowest BCUT2D eigenvalue weighted by Crippen LogP contribution is -2.34. The molecule has 2 aliphatic rings. The normalized spacial score (nSPS) is 19.2. The predicted octanol–water partition coefficient (Wildman–Crippen LogP) is 4.37. The lowest BCUT2D eigenvalue weighted by molar-refractivity contribution is 0.162. The SMILES string of the molecule is Cc1cc(Cl)cc(-c2ccnn2C2CCC2)c1OC1CCNCC1. The molecular weight excluding hydrogens is 322 g/mol. The molecule has 0 amide bonds. The first-order valence-electron chi connectivity index (χ1n) is 8.94. The van der Waals surface area contributed by atoms with E-state index in [0.717, 1.165) is 53.5 Å².